The van der Waals surface area contributed by atoms with E-state index in [1.807, 2.05) is 0 Å². The zero-order valence-corrected chi connectivity index (χ0v) is 28.6. The lowest BCUT2D eigenvalue weighted by Crippen LogP contribution is -2.72. The molecule has 1 unspecified atom stereocenters. The van der Waals surface area contributed by atoms with Crippen molar-refractivity contribution in [3.05, 3.63) is 157 Å². The first-order valence-corrected chi connectivity index (χ1v) is 20.6. The largest absolute Gasteiger partial charge is 0.455 e. The molecule has 2 aliphatic heterocycles. The molecule has 0 saturated heterocycles. The first kappa shape index (κ1) is 27.2. The fraction of sp³-hybridized carbons (Fsp3) is 0.0909. The smallest absolute Gasteiger partial charge is 0.364 e. The lowest BCUT2D eigenvalue weighted by molar-refractivity contribution is -0.944. The van der Waals surface area contributed by atoms with E-state index in [9.17, 15) is 0 Å². The molecule has 6 aromatic carbocycles. The third-order valence-electron chi connectivity index (χ3n) is 11.0. The van der Waals surface area contributed by atoms with Crippen molar-refractivity contribution in [3.63, 3.8) is 0 Å². The summed E-state index contributed by atoms with van der Waals surface area (Å²) in [6.45, 7) is 7.32. The van der Waals surface area contributed by atoms with Gasteiger partial charge in [-0.15, -0.1) is 9.13 Å². The Kier molecular flexibility index (Phi) is 5.12. The molecule has 5 heterocycles. The standard InChI is InChI=1S/C44H33N3OSi/c1-49(2,3)30-22-26-37-34-18-9-11-19-35(34)44(45(37)27-30)36-24-23-33-32-17-10-12-20-39(32)48-42(33)40(36)43-46(29-14-5-4-6-15-29)41-31-16-8-7-13-28(31)21-25-38(41)47(43)44/h4-27H,1-3H3/q+2. The van der Waals surface area contributed by atoms with Gasteiger partial charge in [-0.2, -0.15) is 4.57 Å². The van der Waals surface area contributed by atoms with Gasteiger partial charge in [0.25, 0.3) is 0 Å². The van der Waals surface area contributed by atoms with Crippen LogP contribution in [0.25, 0.3) is 72.1 Å². The number of hydrogen-bond acceptors (Lipinski definition) is 1. The summed E-state index contributed by atoms with van der Waals surface area (Å²) in [6.07, 6.45) is 2.48. The second kappa shape index (κ2) is 9.22. The van der Waals surface area contributed by atoms with E-state index in [1.165, 1.54) is 49.4 Å². The molecule has 2 aliphatic rings. The van der Waals surface area contributed by atoms with Crippen molar-refractivity contribution in [2.75, 3.05) is 0 Å². The van der Waals surface area contributed by atoms with Crippen LogP contribution in [0.4, 0.5) is 0 Å². The molecule has 1 atom stereocenters. The maximum Gasteiger partial charge on any atom is 0.364 e. The van der Waals surface area contributed by atoms with Crippen LogP contribution in [0.2, 0.25) is 19.6 Å². The Labute approximate surface area is 284 Å². The van der Waals surface area contributed by atoms with Crippen LogP contribution in [0.5, 0.6) is 0 Å². The highest BCUT2D eigenvalue weighted by molar-refractivity contribution is 6.88. The normalized spacial score (nSPS) is 16.1. The summed E-state index contributed by atoms with van der Waals surface area (Å²) in [5.74, 6) is 1.13. The Bertz CT molecular complexity index is 2880. The highest BCUT2D eigenvalue weighted by atomic mass is 28.3. The fourth-order valence-corrected chi connectivity index (χ4v) is 9.96. The van der Waals surface area contributed by atoms with Gasteiger partial charge < -0.3 is 4.42 Å². The van der Waals surface area contributed by atoms with E-state index < -0.39 is 13.7 Å². The molecule has 232 valence electrons. The van der Waals surface area contributed by atoms with Crippen LogP contribution in [0, 0.1) is 0 Å². The molecule has 3 aromatic heterocycles. The Hall–Kier alpha value is -5.78. The molecule has 4 nitrogen and oxygen atoms in total. The molecule has 11 rings (SSSR count). The van der Waals surface area contributed by atoms with Gasteiger partial charge in [0.1, 0.15) is 16.8 Å². The summed E-state index contributed by atoms with van der Waals surface area (Å²) in [7, 11) is -1.69. The number of hydrogen-bond donors (Lipinski definition) is 0. The zero-order valence-electron chi connectivity index (χ0n) is 27.6. The summed E-state index contributed by atoms with van der Waals surface area (Å²) >= 11 is 0. The summed E-state index contributed by atoms with van der Waals surface area (Å²) in [5.41, 5.74) is 10.8. The van der Waals surface area contributed by atoms with E-state index in [-0.39, 0.29) is 0 Å². The van der Waals surface area contributed by atoms with Crippen molar-refractivity contribution in [1.29, 1.82) is 0 Å². The predicted octanol–water partition coefficient (Wildman–Crippen LogP) is 9.06. The Morgan fingerprint density at radius 1 is 0.633 bits per heavy atom. The molecule has 0 fully saturated rings. The van der Waals surface area contributed by atoms with Crippen LogP contribution >= 0.6 is 0 Å². The Morgan fingerprint density at radius 3 is 2.24 bits per heavy atom. The first-order valence-electron chi connectivity index (χ1n) is 17.1. The summed E-state index contributed by atoms with van der Waals surface area (Å²) in [4.78, 5) is 0. The van der Waals surface area contributed by atoms with Gasteiger partial charge in [0.2, 0.25) is 5.69 Å². The Morgan fingerprint density at radius 2 is 1.39 bits per heavy atom. The number of rotatable bonds is 2. The maximum atomic E-state index is 6.95. The van der Waals surface area contributed by atoms with Crippen molar-refractivity contribution in [1.82, 2.24) is 4.57 Å². The fourth-order valence-electron chi connectivity index (χ4n) is 8.86. The highest BCUT2D eigenvalue weighted by Gasteiger charge is 2.67. The van der Waals surface area contributed by atoms with Crippen LogP contribution in [-0.2, 0) is 5.66 Å². The summed E-state index contributed by atoms with van der Waals surface area (Å²) < 4.78 is 14.7. The van der Waals surface area contributed by atoms with Gasteiger partial charge in [0.05, 0.1) is 24.8 Å². The number of pyridine rings is 1. The molecular weight excluding hydrogens is 615 g/mol. The minimum absolute atomic E-state index is 0.680. The minimum Gasteiger partial charge on any atom is -0.455 e. The van der Waals surface area contributed by atoms with Crippen molar-refractivity contribution in [2.45, 2.75) is 25.3 Å². The van der Waals surface area contributed by atoms with Gasteiger partial charge in [-0.25, -0.2) is 0 Å². The third kappa shape index (κ3) is 3.28. The van der Waals surface area contributed by atoms with Crippen LogP contribution in [0.1, 0.15) is 11.1 Å². The topological polar surface area (TPSA) is 25.8 Å². The SMILES string of the molecule is C[Si](C)(C)c1ccc2[n+](c1)C1(c3ccccc3-2)c2ccc3c(oc4ccccc43)c2-c2n(-c3ccccc3)c3c4ccccc4ccc3[n+]21. The van der Waals surface area contributed by atoms with E-state index in [1.54, 1.807) is 0 Å². The van der Waals surface area contributed by atoms with Gasteiger partial charge >= 0.3 is 11.5 Å². The lowest BCUT2D eigenvalue weighted by atomic mass is 9.88. The molecule has 0 aliphatic carbocycles. The van der Waals surface area contributed by atoms with Crippen LogP contribution < -0.4 is 14.3 Å². The van der Waals surface area contributed by atoms with Gasteiger partial charge in [-0.1, -0.05) is 92.4 Å². The molecule has 0 bridgehead atoms. The van der Waals surface area contributed by atoms with Gasteiger partial charge in [0.15, 0.2) is 22.8 Å². The van der Waals surface area contributed by atoms with Crippen molar-refractivity contribution in [3.8, 4) is 28.3 Å². The molecule has 5 heteroatoms. The van der Waals surface area contributed by atoms with Gasteiger partial charge in [0, 0.05) is 27.4 Å². The second-order valence-corrected chi connectivity index (χ2v) is 19.7. The van der Waals surface area contributed by atoms with Crippen molar-refractivity contribution in [2.24, 2.45) is 0 Å². The number of para-hydroxylation sites is 2. The molecule has 49 heavy (non-hydrogen) atoms. The average molecular weight is 648 g/mol. The Balaban J connectivity index is 1.44. The van der Waals surface area contributed by atoms with E-state index in [4.69, 9.17) is 4.42 Å². The van der Waals surface area contributed by atoms with Crippen LogP contribution in [-0.4, -0.2) is 12.6 Å². The highest BCUT2D eigenvalue weighted by Crippen LogP contribution is 2.52. The van der Waals surface area contributed by atoms with Crippen molar-refractivity contribution >= 4 is 57.0 Å². The number of furan rings is 1. The molecule has 0 N–H and O–H groups in total. The van der Waals surface area contributed by atoms with Gasteiger partial charge in [-0.05, 0) is 66.0 Å². The minimum atomic E-state index is -1.69. The van der Waals surface area contributed by atoms with Crippen LogP contribution in [0.15, 0.2) is 150 Å². The molecule has 0 radical (unpaired) electrons. The summed E-state index contributed by atoms with van der Waals surface area (Å²) in [5, 5.41) is 6.16. The van der Waals surface area contributed by atoms with E-state index in [2.05, 4.69) is 179 Å². The van der Waals surface area contributed by atoms with E-state index >= 15 is 0 Å². The average Bonchev–Trinajstić information content (AvgIpc) is 3.85. The molecule has 1 spiro atoms. The van der Waals surface area contributed by atoms with Crippen LogP contribution in [0.3, 0.4) is 0 Å². The number of nitrogens with zero attached hydrogens (tertiary/aromatic N) is 3. The molecule has 9 aromatic rings. The molecule has 0 amide bonds. The molecular formula is C44H33N3OSi+2. The number of benzene rings is 6. The lowest BCUT2D eigenvalue weighted by Gasteiger charge is -2.22. The molecule has 0 saturated carbocycles. The maximum absolute atomic E-state index is 6.95. The van der Waals surface area contributed by atoms with Crippen molar-refractivity contribution < 1.29 is 13.6 Å². The predicted molar refractivity (Wildman–Crippen MR) is 200 cm³/mol. The number of imidazole rings is 1. The third-order valence-corrected chi connectivity index (χ3v) is 13.0. The number of fused-ring (bicyclic) bond motifs is 18. The van der Waals surface area contributed by atoms with Gasteiger partial charge in [-0.3, -0.25) is 0 Å². The monoisotopic (exact) mass is 647 g/mol. The first-order chi connectivity index (χ1) is 24.0. The van der Waals surface area contributed by atoms with E-state index in [0.29, 0.717) is 0 Å². The second-order valence-electron chi connectivity index (χ2n) is 14.6. The zero-order chi connectivity index (χ0) is 32.6. The quantitative estimate of drug-likeness (QED) is 0.136. The summed E-state index contributed by atoms with van der Waals surface area (Å²) in [6, 6.07) is 51.2. The number of aromatic nitrogens is 3. The van der Waals surface area contributed by atoms with E-state index in [0.717, 1.165) is 39.0 Å².